The fraction of sp³-hybridized carbons (Fsp3) is 0.0800. The second kappa shape index (κ2) is 8.66. The zero-order chi connectivity index (χ0) is 20.9. The van der Waals surface area contributed by atoms with E-state index in [1.54, 1.807) is 19.2 Å². The monoisotopic (exact) mass is 398 g/mol. The van der Waals surface area contributed by atoms with Gasteiger partial charge in [0.15, 0.2) is 0 Å². The van der Waals surface area contributed by atoms with Gasteiger partial charge in [-0.2, -0.15) is 0 Å². The molecule has 1 aliphatic rings. The molecule has 0 heterocycles. The molecule has 0 amide bonds. The number of methoxy groups -OCH3 is 1. The van der Waals surface area contributed by atoms with Crippen LogP contribution in [-0.4, -0.2) is 12.0 Å². The minimum atomic E-state index is -0.310. The molecule has 5 nitrogen and oxygen atoms in total. The number of benzene rings is 3. The SMILES string of the molecule is COc1ccc(C2=C([N+](=O)[O-])C(c3ccc(Oc4ccccc4)cc3)=CC[CH]2)cc1. The number of hydrogen-bond donors (Lipinski definition) is 0. The van der Waals surface area contributed by atoms with Crippen molar-refractivity contribution >= 4 is 11.1 Å². The molecule has 0 N–H and O–H groups in total. The largest absolute Gasteiger partial charge is 0.497 e. The summed E-state index contributed by atoms with van der Waals surface area (Å²) < 4.78 is 11.0. The lowest BCUT2D eigenvalue weighted by molar-refractivity contribution is -0.416. The van der Waals surface area contributed by atoms with Gasteiger partial charge < -0.3 is 9.47 Å². The number of nitro groups is 1. The van der Waals surface area contributed by atoms with Crippen molar-refractivity contribution in [2.24, 2.45) is 0 Å². The van der Waals surface area contributed by atoms with Crippen molar-refractivity contribution in [3.8, 4) is 17.2 Å². The van der Waals surface area contributed by atoms with Crippen molar-refractivity contribution in [2.75, 3.05) is 7.11 Å². The van der Waals surface area contributed by atoms with Gasteiger partial charge in [-0.3, -0.25) is 10.1 Å². The summed E-state index contributed by atoms with van der Waals surface area (Å²) in [5.74, 6) is 2.13. The van der Waals surface area contributed by atoms with Gasteiger partial charge in [-0.15, -0.1) is 0 Å². The Morgan fingerprint density at radius 3 is 2.03 bits per heavy atom. The van der Waals surface area contributed by atoms with Gasteiger partial charge in [0, 0.05) is 12.0 Å². The zero-order valence-electron chi connectivity index (χ0n) is 16.4. The van der Waals surface area contributed by atoms with Crippen molar-refractivity contribution in [1.29, 1.82) is 0 Å². The van der Waals surface area contributed by atoms with Crippen LogP contribution in [0.15, 0.2) is 90.6 Å². The van der Waals surface area contributed by atoms with Crippen LogP contribution < -0.4 is 9.47 Å². The van der Waals surface area contributed by atoms with Crippen LogP contribution in [-0.2, 0) is 0 Å². The summed E-state index contributed by atoms with van der Waals surface area (Å²) in [7, 11) is 1.59. The number of rotatable bonds is 6. The van der Waals surface area contributed by atoms with Crippen molar-refractivity contribution < 1.29 is 14.4 Å². The molecule has 4 rings (SSSR count). The van der Waals surface area contributed by atoms with Crippen molar-refractivity contribution in [1.82, 2.24) is 0 Å². The molecule has 0 saturated heterocycles. The molecular weight excluding hydrogens is 378 g/mol. The van der Waals surface area contributed by atoms with E-state index in [0.717, 1.165) is 16.9 Å². The second-order valence-electron chi connectivity index (χ2n) is 6.75. The molecule has 30 heavy (non-hydrogen) atoms. The Kier molecular flexibility index (Phi) is 5.61. The first-order valence-corrected chi connectivity index (χ1v) is 9.56. The summed E-state index contributed by atoms with van der Waals surface area (Å²) in [5.41, 5.74) is 2.89. The fourth-order valence-corrected chi connectivity index (χ4v) is 3.44. The molecule has 1 aliphatic carbocycles. The highest BCUT2D eigenvalue weighted by Gasteiger charge is 2.28. The molecule has 0 bridgehead atoms. The van der Waals surface area contributed by atoms with E-state index in [0.29, 0.717) is 29.1 Å². The van der Waals surface area contributed by atoms with E-state index in [-0.39, 0.29) is 10.6 Å². The minimum Gasteiger partial charge on any atom is -0.497 e. The lowest BCUT2D eigenvalue weighted by Crippen LogP contribution is -2.09. The van der Waals surface area contributed by atoms with Crippen molar-refractivity contribution in [3.05, 3.63) is 118 Å². The number of para-hydroxylation sites is 1. The first kappa shape index (κ1) is 19.5. The molecule has 3 aromatic rings. The Morgan fingerprint density at radius 2 is 1.40 bits per heavy atom. The van der Waals surface area contributed by atoms with Crippen LogP contribution in [0.25, 0.3) is 11.1 Å². The van der Waals surface area contributed by atoms with Gasteiger partial charge in [0.05, 0.1) is 17.6 Å². The third-order valence-corrected chi connectivity index (χ3v) is 4.88. The molecule has 5 heteroatoms. The van der Waals surface area contributed by atoms with Crippen LogP contribution in [0.3, 0.4) is 0 Å². The molecule has 0 atom stereocenters. The normalized spacial score (nSPS) is 13.6. The minimum absolute atomic E-state index is 0.100. The summed E-state index contributed by atoms with van der Waals surface area (Å²) in [5, 5.41) is 12.0. The van der Waals surface area contributed by atoms with Gasteiger partial charge in [0.25, 0.3) is 5.70 Å². The number of hydrogen-bond acceptors (Lipinski definition) is 4. The van der Waals surface area contributed by atoms with E-state index in [1.807, 2.05) is 79.2 Å². The topological polar surface area (TPSA) is 61.6 Å². The summed E-state index contributed by atoms with van der Waals surface area (Å²) in [6.07, 6.45) is 4.39. The van der Waals surface area contributed by atoms with Crippen molar-refractivity contribution in [3.63, 3.8) is 0 Å². The maximum absolute atomic E-state index is 12.0. The Hall–Kier alpha value is -3.86. The molecule has 0 spiro atoms. The van der Waals surface area contributed by atoms with Gasteiger partial charge in [-0.25, -0.2) is 0 Å². The lowest BCUT2D eigenvalue weighted by atomic mass is 9.88. The maximum Gasteiger partial charge on any atom is 0.280 e. The van der Waals surface area contributed by atoms with E-state index in [2.05, 4.69) is 0 Å². The highest BCUT2D eigenvalue weighted by molar-refractivity contribution is 5.92. The van der Waals surface area contributed by atoms with Gasteiger partial charge in [0.2, 0.25) is 0 Å². The number of nitrogens with zero attached hydrogens (tertiary/aromatic N) is 1. The zero-order valence-corrected chi connectivity index (χ0v) is 16.4. The predicted octanol–water partition coefficient (Wildman–Crippen LogP) is 6.17. The standard InChI is InChI=1S/C25H20NO4/c1-29-20-14-10-18(11-15-20)23-8-5-9-24(25(23)26(27)28)19-12-16-22(17-13-19)30-21-6-3-2-4-7-21/h2-4,6-17H,5H2,1H3. The Bertz CT molecular complexity index is 1100. The fourth-order valence-electron chi connectivity index (χ4n) is 3.44. The van der Waals surface area contributed by atoms with Crippen LogP contribution in [0.5, 0.6) is 17.2 Å². The lowest BCUT2D eigenvalue weighted by Gasteiger charge is -2.17. The third-order valence-electron chi connectivity index (χ3n) is 4.88. The summed E-state index contributed by atoms with van der Waals surface area (Å²) >= 11 is 0. The molecule has 149 valence electrons. The average Bonchev–Trinajstić information content (AvgIpc) is 2.80. The Morgan fingerprint density at radius 1 is 0.800 bits per heavy atom. The molecule has 0 unspecified atom stereocenters. The predicted molar refractivity (Wildman–Crippen MR) is 117 cm³/mol. The molecule has 0 aromatic heterocycles. The molecule has 0 aliphatic heterocycles. The van der Waals surface area contributed by atoms with E-state index < -0.39 is 0 Å². The quantitative estimate of drug-likeness (QED) is 0.368. The van der Waals surface area contributed by atoms with Gasteiger partial charge in [-0.1, -0.05) is 48.5 Å². The highest BCUT2D eigenvalue weighted by atomic mass is 16.6. The number of ether oxygens (including phenoxy) is 2. The van der Waals surface area contributed by atoms with Gasteiger partial charge in [-0.05, 0) is 53.9 Å². The van der Waals surface area contributed by atoms with Gasteiger partial charge in [0.1, 0.15) is 17.2 Å². The molecule has 3 aromatic carbocycles. The van der Waals surface area contributed by atoms with Gasteiger partial charge >= 0.3 is 0 Å². The molecular formula is C25H20NO4. The average molecular weight is 398 g/mol. The van der Waals surface area contributed by atoms with E-state index >= 15 is 0 Å². The maximum atomic E-state index is 12.0. The highest BCUT2D eigenvalue weighted by Crippen LogP contribution is 2.38. The Balaban J connectivity index is 1.66. The smallest absolute Gasteiger partial charge is 0.280 e. The number of allylic oxidation sites excluding steroid dienone is 3. The summed E-state index contributed by atoms with van der Waals surface area (Å²) in [6, 6.07) is 24.1. The summed E-state index contributed by atoms with van der Waals surface area (Å²) in [6.45, 7) is 0. The molecule has 0 fully saturated rings. The second-order valence-corrected chi connectivity index (χ2v) is 6.75. The Labute approximate surface area is 175 Å². The van der Waals surface area contributed by atoms with Crippen LogP contribution in [0.2, 0.25) is 0 Å². The van der Waals surface area contributed by atoms with E-state index in [4.69, 9.17) is 9.47 Å². The summed E-state index contributed by atoms with van der Waals surface area (Å²) in [4.78, 5) is 11.7. The van der Waals surface area contributed by atoms with E-state index in [9.17, 15) is 10.1 Å². The van der Waals surface area contributed by atoms with Crippen LogP contribution in [0.1, 0.15) is 17.5 Å². The molecule has 0 saturated carbocycles. The first-order valence-electron chi connectivity index (χ1n) is 9.56. The molecule has 1 radical (unpaired) electrons. The van der Waals surface area contributed by atoms with Crippen LogP contribution in [0, 0.1) is 16.5 Å². The third kappa shape index (κ3) is 4.10. The van der Waals surface area contributed by atoms with Crippen molar-refractivity contribution in [2.45, 2.75) is 6.42 Å². The van der Waals surface area contributed by atoms with Crippen LogP contribution >= 0.6 is 0 Å². The van der Waals surface area contributed by atoms with E-state index in [1.165, 1.54) is 0 Å². The van der Waals surface area contributed by atoms with Crippen LogP contribution in [0.4, 0.5) is 0 Å². The first-order chi connectivity index (χ1) is 14.7.